The van der Waals surface area contributed by atoms with Crippen molar-refractivity contribution in [1.29, 1.82) is 0 Å². The number of nitrogens with zero attached hydrogens (tertiary/aromatic N) is 4. The lowest BCUT2D eigenvalue weighted by Gasteiger charge is -2.11. The van der Waals surface area contributed by atoms with Crippen molar-refractivity contribution in [2.75, 3.05) is 19.4 Å². The first-order valence-electron chi connectivity index (χ1n) is 6.52. The zero-order valence-corrected chi connectivity index (χ0v) is 13.3. The number of anilines is 2. The van der Waals surface area contributed by atoms with E-state index >= 15 is 0 Å². The highest BCUT2D eigenvalue weighted by molar-refractivity contribution is 7.89. The monoisotopic (exact) mass is 309 g/mol. The van der Waals surface area contributed by atoms with Crippen LogP contribution in [0.25, 0.3) is 0 Å². The number of hydrogen-bond donors (Lipinski definition) is 1. The first-order valence-corrected chi connectivity index (χ1v) is 7.96. The number of aromatic nitrogens is 3. The lowest BCUT2D eigenvalue weighted by atomic mass is 10.3. The number of nitrogens with one attached hydrogen (secondary N) is 1. The van der Waals surface area contributed by atoms with Crippen LogP contribution in [0, 0.1) is 0 Å². The molecule has 0 atom stereocenters. The van der Waals surface area contributed by atoms with E-state index in [2.05, 4.69) is 15.4 Å². The van der Waals surface area contributed by atoms with Crippen LogP contribution in [-0.4, -0.2) is 41.6 Å². The van der Waals surface area contributed by atoms with Crippen LogP contribution in [0.4, 0.5) is 11.5 Å². The highest BCUT2D eigenvalue weighted by Gasteiger charge is 2.17. The summed E-state index contributed by atoms with van der Waals surface area (Å²) in [7, 11) is 1.38. The van der Waals surface area contributed by atoms with Gasteiger partial charge in [-0.3, -0.25) is 4.68 Å². The Morgan fingerprint density at radius 3 is 2.57 bits per heavy atom. The van der Waals surface area contributed by atoms with E-state index in [4.69, 9.17) is 0 Å². The van der Waals surface area contributed by atoms with Crippen LogP contribution < -0.4 is 5.32 Å². The fourth-order valence-electron chi connectivity index (χ4n) is 1.86. The molecule has 0 aliphatic carbocycles. The molecule has 0 amide bonds. The van der Waals surface area contributed by atoms with E-state index in [1.807, 2.05) is 20.2 Å². The van der Waals surface area contributed by atoms with Crippen LogP contribution in [-0.2, 0) is 23.5 Å². The summed E-state index contributed by atoms with van der Waals surface area (Å²) >= 11 is 0. The van der Waals surface area contributed by atoms with Gasteiger partial charge in [0.25, 0.3) is 0 Å². The molecule has 8 heteroatoms. The van der Waals surface area contributed by atoms with Gasteiger partial charge in [0.1, 0.15) is 10.7 Å². The maximum absolute atomic E-state index is 12.0. The molecule has 2 aromatic heterocycles. The number of rotatable bonds is 5. The summed E-state index contributed by atoms with van der Waals surface area (Å²) in [6.45, 7) is 2.02. The Morgan fingerprint density at radius 1 is 1.33 bits per heavy atom. The van der Waals surface area contributed by atoms with Gasteiger partial charge in [0, 0.05) is 33.5 Å². The molecule has 21 heavy (non-hydrogen) atoms. The zero-order valence-electron chi connectivity index (χ0n) is 12.5. The summed E-state index contributed by atoms with van der Waals surface area (Å²) in [4.78, 5) is 4.32. The molecular weight excluding hydrogens is 290 g/mol. The Balaban J connectivity index is 2.24. The first kappa shape index (κ1) is 15.5. The normalized spacial score (nSPS) is 11.9. The molecular formula is C13H19N5O2S. The maximum Gasteiger partial charge on any atom is 0.244 e. The third kappa shape index (κ3) is 3.22. The summed E-state index contributed by atoms with van der Waals surface area (Å²) < 4.78 is 26.8. The summed E-state index contributed by atoms with van der Waals surface area (Å²) in [5.41, 5.74) is 1.81. The van der Waals surface area contributed by atoms with Crippen molar-refractivity contribution in [3.8, 4) is 0 Å². The van der Waals surface area contributed by atoms with Crippen molar-refractivity contribution >= 4 is 21.5 Å². The largest absolute Gasteiger partial charge is 0.337 e. The minimum absolute atomic E-state index is 0.167. The third-order valence-electron chi connectivity index (χ3n) is 3.02. The zero-order chi connectivity index (χ0) is 15.6. The van der Waals surface area contributed by atoms with Crippen LogP contribution in [0.15, 0.2) is 29.4 Å². The molecule has 2 aromatic rings. The van der Waals surface area contributed by atoms with Gasteiger partial charge in [-0.1, -0.05) is 6.92 Å². The van der Waals surface area contributed by atoms with Crippen molar-refractivity contribution in [3.63, 3.8) is 0 Å². The highest BCUT2D eigenvalue weighted by Crippen LogP contribution is 2.20. The molecule has 0 radical (unpaired) electrons. The van der Waals surface area contributed by atoms with Gasteiger partial charge in [-0.05, 0) is 18.6 Å². The van der Waals surface area contributed by atoms with Crippen LogP contribution in [0.2, 0.25) is 0 Å². The van der Waals surface area contributed by atoms with Crippen molar-refractivity contribution in [1.82, 2.24) is 19.1 Å². The smallest absolute Gasteiger partial charge is 0.244 e. The molecule has 0 spiro atoms. The molecule has 0 aliphatic rings. The second kappa shape index (κ2) is 5.82. The Labute approximate surface area is 124 Å². The predicted octanol–water partition coefficient (Wildman–Crippen LogP) is 1.37. The maximum atomic E-state index is 12.0. The Bertz CT molecular complexity index is 720. The summed E-state index contributed by atoms with van der Waals surface area (Å²) in [5, 5.41) is 7.48. The molecule has 7 nitrogen and oxygen atoms in total. The van der Waals surface area contributed by atoms with Crippen molar-refractivity contribution in [3.05, 3.63) is 30.2 Å². The quantitative estimate of drug-likeness (QED) is 0.902. The Morgan fingerprint density at radius 2 is 2.05 bits per heavy atom. The van der Waals surface area contributed by atoms with E-state index < -0.39 is 10.0 Å². The van der Waals surface area contributed by atoms with Gasteiger partial charge >= 0.3 is 0 Å². The van der Waals surface area contributed by atoms with E-state index in [1.165, 1.54) is 26.4 Å². The van der Waals surface area contributed by atoms with Gasteiger partial charge < -0.3 is 5.32 Å². The molecule has 0 aromatic carbocycles. The van der Waals surface area contributed by atoms with Gasteiger partial charge in [0.05, 0.1) is 11.4 Å². The van der Waals surface area contributed by atoms with Crippen molar-refractivity contribution in [2.24, 2.45) is 7.05 Å². The standard InChI is InChI=1S/C13H19N5O2S/c1-5-11-12(9-18(4)16-11)15-13-7-6-10(8-14-13)21(19,20)17(2)3/h6-9H,5H2,1-4H3,(H,14,15). The van der Waals surface area contributed by atoms with E-state index in [0.29, 0.717) is 5.82 Å². The summed E-state index contributed by atoms with van der Waals surface area (Å²) in [6.07, 6.45) is 4.01. The summed E-state index contributed by atoms with van der Waals surface area (Å²) in [5.74, 6) is 0.579. The summed E-state index contributed by atoms with van der Waals surface area (Å²) in [6, 6.07) is 3.18. The second-order valence-electron chi connectivity index (χ2n) is 4.81. The third-order valence-corrected chi connectivity index (χ3v) is 4.82. The number of pyridine rings is 1. The Hall–Kier alpha value is -1.93. The molecule has 0 fully saturated rings. The molecule has 2 heterocycles. The molecule has 114 valence electrons. The van der Waals surface area contributed by atoms with Crippen LogP contribution in [0.5, 0.6) is 0 Å². The van der Waals surface area contributed by atoms with Gasteiger partial charge in [-0.2, -0.15) is 5.10 Å². The number of sulfonamides is 1. The lowest BCUT2D eigenvalue weighted by Crippen LogP contribution is -2.22. The highest BCUT2D eigenvalue weighted by atomic mass is 32.2. The predicted molar refractivity (Wildman–Crippen MR) is 81.0 cm³/mol. The van der Waals surface area contributed by atoms with Crippen molar-refractivity contribution < 1.29 is 8.42 Å². The first-order chi connectivity index (χ1) is 9.84. The Kier molecular flexibility index (Phi) is 4.29. The molecule has 0 unspecified atom stereocenters. The second-order valence-corrected chi connectivity index (χ2v) is 6.96. The molecule has 0 saturated carbocycles. The van der Waals surface area contributed by atoms with Gasteiger partial charge in [0.2, 0.25) is 10.0 Å². The molecule has 0 bridgehead atoms. The topological polar surface area (TPSA) is 80.1 Å². The number of hydrogen-bond acceptors (Lipinski definition) is 5. The van der Waals surface area contributed by atoms with Crippen LogP contribution in [0.1, 0.15) is 12.6 Å². The fraction of sp³-hybridized carbons (Fsp3) is 0.385. The van der Waals surface area contributed by atoms with Crippen LogP contribution >= 0.6 is 0 Å². The van der Waals surface area contributed by atoms with E-state index in [1.54, 1.807) is 10.7 Å². The van der Waals surface area contributed by atoms with Gasteiger partial charge in [-0.15, -0.1) is 0 Å². The molecule has 0 aliphatic heterocycles. The average molecular weight is 309 g/mol. The average Bonchev–Trinajstić information content (AvgIpc) is 2.79. The minimum atomic E-state index is -3.45. The fourth-order valence-corrected chi connectivity index (χ4v) is 2.70. The molecule has 0 saturated heterocycles. The van der Waals surface area contributed by atoms with Crippen LogP contribution in [0.3, 0.4) is 0 Å². The minimum Gasteiger partial charge on any atom is -0.337 e. The van der Waals surface area contributed by atoms with E-state index in [9.17, 15) is 8.42 Å². The molecule has 2 rings (SSSR count). The number of aryl methyl sites for hydroxylation is 2. The van der Waals surface area contributed by atoms with Gasteiger partial charge in [0.15, 0.2) is 0 Å². The van der Waals surface area contributed by atoms with E-state index in [0.717, 1.165) is 22.1 Å². The van der Waals surface area contributed by atoms with Gasteiger partial charge in [-0.25, -0.2) is 17.7 Å². The SMILES string of the molecule is CCc1nn(C)cc1Nc1ccc(S(=O)(=O)N(C)C)cn1. The van der Waals surface area contributed by atoms with Crippen molar-refractivity contribution in [2.45, 2.75) is 18.2 Å². The molecule has 1 N–H and O–H groups in total. The lowest BCUT2D eigenvalue weighted by molar-refractivity contribution is 0.520. The van der Waals surface area contributed by atoms with E-state index in [-0.39, 0.29) is 4.90 Å².